The standard InChI is InChI=1S/C21H21N3O3S/c1-15-8-9-16(2)20(11-15)28(26,27)24-19-7-3-6-18(12-19)21(25)23-14-17-5-4-10-22-13-17/h3-13,24H,14H2,1-2H3,(H,23,25). The molecule has 0 aliphatic carbocycles. The highest BCUT2D eigenvalue weighted by Gasteiger charge is 2.18. The van der Waals surface area contributed by atoms with Crippen LogP contribution in [0.25, 0.3) is 0 Å². The molecule has 1 amide bonds. The number of nitrogens with one attached hydrogen (secondary N) is 2. The number of nitrogens with zero attached hydrogens (tertiary/aromatic N) is 1. The van der Waals surface area contributed by atoms with E-state index in [1.807, 2.05) is 19.1 Å². The highest BCUT2D eigenvalue weighted by Crippen LogP contribution is 2.21. The Balaban J connectivity index is 1.75. The third-order valence-corrected chi connectivity index (χ3v) is 5.71. The normalized spacial score (nSPS) is 11.1. The van der Waals surface area contributed by atoms with Gasteiger partial charge in [-0.2, -0.15) is 0 Å². The van der Waals surface area contributed by atoms with Gasteiger partial charge in [-0.05, 0) is 60.9 Å². The molecule has 0 saturated carbocycles. The molecule has 0 aliphatic rings. The van der Waals surface area contributed by atoms with Gasteiger partial charge < -0.3 is 5.32 Å². The predicted molar refractivity (Wildman–Crippen MR) is 109 cm³/mol. The van der Waals surface area contributed by atoms with Crippen molar-refractivity contribution in [3.8, 4) is 0 Å². The van der Waals surface area contributed by atoms with E-state index >= 15 is 0 Å². The molecule has 2 N–H and O–H groups in total. The van der Waals surface area contributed by atoms with Crippen LogP contribution in [0.3, 0.4) is 0 Å². The molecule has 3 aromatic rings. The van der Waals surface area contributed by atoms with Gasteiger partial charge in [-0.25, -0.2) is 8.42 Å². The molecule has 0 fully saturated rings. The highest BCUT2D eigenvalue weighted by molar-refractivity contribution is 7.92. The van der Waals surface area contributed by atoms with E-state index in [1.165, 1.54) is 6.07 Å². The van der Waals surface area contributed by atoms with E-state index in [4.69, 9.17) is 0 Å². The predicted octanol–water partition coefficient (Wildman–Crippen LogP) is 3.43. The maximum absolute atomic E-state index is 12.7. The van der Waals surface area contributed by atoms with E-state index < -0.39 is 10.0 Å². The minimum Gasteiger partial charge on any atom is -0.348 e. The second-order valence-corrected chi connectivity index (χ2v) is 8.15. The van der Waals surface area contributed by atoms with E-state index in [1.54, 1.807) is 55.7 Å². The van der Waals surface area contributed by atoms with E-state index in [2.05, 4.69) is 15.0 Å². The number of aryl methyl sites for hydroxylation is 2. The number of aromatic nitrogens is 1. The maximum Gasteiger partial charge on any atom is 0.262 e. The molecule has 0 radical (unpaired) electrons. The summed E-state index contributed by atoms with van der Waals surface area (Å²) in [5.74, 6) is -0.295. The van der Waals surface area contributed by atoms with Crippen molar-refractivity contribution < 1.29 is 13.2 Å². The Morgan fingerprint density at radius 2 is 1.86 bits per heavy atom. The monoisotopic (exact) mass is 395 g/mol. The number of carbonyl (C=O) groups is 1. The molecule has 0 saturated heterocycles. The number of pyridine rings is 1. The van der Waals surface area contributed by atoms with Crippen LogP contribution in [-0.4, -0.2) is 19.3 Å². The van der Waals surface area contributed by atoms with E-state index in [9.17, 15) is 13.2 Å². The SMILES string of the molecule is Cc1ccc(C)c(S(=O)(=O)Nc2cccc(C(=O)NCc3cccnc3)c2)c1. The lowest BCUT2D eigenvalue weighted by Gasteiger charge is -2.12. The first-order valence-electron chi connectivity index (χ1n) is 8.72. The molecule has 0 spiro atoms. The van der Waals surface area contributed by atoms with Gasteiger partial charge in [0.15, 0.2) is 0 Å². The Kier molecular flexibility index (Phi) is 5.75. The smallest absolute Gasteiger partial charge is 0.262 e. The molecule has 0 aliphatic heterocycles. The van der Waals surface area contributed by atoms with Gasteiger partial charge in [0.25, 0.3) is 15.9 Å². The highest BCUT2D eigenvalue weighted by atomic mass is 32.2. The molecule has 28 heavy (non-hydrogen) atoms. The minimum absolute atomic E-state index is 0.221. The molecule has 1 aromatic heterocycles. The van der Waals surface area contributed by atoms with Gasteiger partial charge in [-0.15, -0.1) is 0 Å². The Morgan fingerprint density at radius 3 is 2.61 bits per heavy atom. The molecule has 2 aromatic carbocycles. The van der Waals surface area contributed by atoms with Crippen LogP contribution in [0.5, 0.6) is 0 Å². The van der Waals surface area contributed by atoms with Crippen LogP contribution in [0, 0.1) is 13.8 Å². The lowest BCUT2D eigenvalue weighted by molar-refractivity contribution is 0.0951. The zero-order valence-electron chi connectivity index (χ0n) is 15.6. The van der Waals surface area contributed by atoms with Crippen molar-refractivity contribution in [1.82, 2.24) is 10.3 Å². The van der Waals surface area contributed by atoms with E-state index in [-0.39, 0.29) is 10.8 Å². The Labute approximate surface area is 164 Å². The lowest BCUT2D eigenvalue weighted by Crippen LogP contribution is -2.23. The summed E-state index contributed by atoms with van der Waals surface area (Å²) in [7, 11) is -3.75. The molecule has 3 rings (SSSR count). The van der Waals surface area contributed by atoms with Crippen molar-refractivity contribution in [3.63, 3.8) is 0 Å². The van der Waals surface area contributed by atoms with Gasteiger partial charge in [0.1, 0.15) is 0 Å². The van der Waals surface area contributed by atoms with Crippen molar-refractivity contribution in [2.45, 2.75) is 25.3 Å². The molecular weight excluding hydrogens is 374 g/mol. The number of anilines is 1. The Bertz CT molecular complexity index is 1100. The summed E-state index contributed by atoms with van der Waals surface area (Å²) < 4.78 is 28.0. The third kappa shape index (κ3) is 4.75. The Morgan fingerprint density at radius 1 is 1.04 bits per heavy atom. The van der Waals surface area contributed by atoms with Crippen molar-refractivity contribution in [3.05, 3.63) is 89.2 Å². The average molecular weight is 395 g/mol. The zero-order valence-corrected chi connectivity index (χ0v) is 16.5. The largest absolute Gasteiger partial charge is 0.348 e. The second kappa shape index (κ2) is 8.22. The topological polar surface area (TPSA) is 88.2 Å². The van der Waals surface area contributed by atoms with Crippen LogP contribution in [0.15, 0.2) is 71.9 Å². The van der Waals surface area contributed by atoms with Crippen LogP contribution >= 0.6 is 0 Å². The third-order valence-electron chi connectivity index (χ3n) is 4.19. The van der Waals surface area contributed by atoms with Crippen LogP contribution in [0.2, 0.25) is 0 Å². The van der Waals surface area contributed by atoms with Crippen LogP contribution in [-0.2, 0) is 16.6 Å². The first-order chi connectivity index (χ1) is 13.3. The molecule has 1 heterocycles. The average Bonchev–Trinajstić information content (AvgIpc) is 2.68. The van der Waals surface area contributed by atoms with Crippen molar-refractivity contribution >= 4 is 21.6 Å². The summed E-state index contributed by atoms with van der Waals surface area (Å²) in [5, 5.41) is 2.80. The number of hydrogen-bond donors (Lipinski definition) is 2. The summed E-state index contributed by atoms with van der Waals surface area (Å²) in [6.07, 6.45) is 3.34. The fourth-order valence-electron chi connectivity index (χ4n) is 2.72. The van der Waals surface area contributed by atoms with Crippen LogP contribution in [0.4, 0.5) is 5.69 Å². The summed E-state index contributed by atoms with van der Waals surface area (Å²) in [6.45, 7) is 3.92. The van der Waals surface area contributed by atoms with Gasteiger partial charge in [-0.1, -0.05) is 24.3 Å². The molecule has 0 atom stereocenters. The molecule has 0 unspecified atom stereocenters. The summed E-state index contributed by atoms with van der Waals surface area (Å²) in [5.41, 5.74) is 3.08. The van der Waals surface area contributed by atoms with Gasteiger partial charge in [0, 0.05) is 30.2 Å². The second-order valence-electron chi connectivity index (χ2n) is 6.50. The fraction of sp³-hybridized carbons (Fsp3) is 0.143. The van der Waals surface area contributed by atoms with Crippen molar-refractivity contribution in [2.75, 3.05) is 4.72 Å². The van der Waals surface area contributed by atoms with Crippen molar-refractivity contribution in [1.29, 1.82) is 0 Å². The number of carbonyl (C=O) groups excluding carboxylic acids is 1. The number of benzene rings is 2. The summed E-state index contributed by atoms with van der Waals surface area (Å²) in [6, 6.07) is 15.3. The molecule has 0 bridgehead atoms. The van der Waals surface area contributed by atoms with Crippen LogP contribution < -0.4 is 10.0 Å². The fourth-order valence-corrected chi connectivity index (χ4v) is 4.10. The van der Waals surface area contributed by atoms with Gasteiger partial charge in [0.2, 0.25) is 0 Å². The summed E-state index contributed by atoms with van der Waals surface area (Å²) >= 11 is 0. The minimum atomic E-state index is -3.75. The number of rotatable bonds is 6. The molecule has 144 valence electrons. The molecule has 7 heteroatoms. The van der Waals surface area contributed by atoms with Crippen LogP contribution in [0.1, 0.15) is 27.0 Å². The number of hydrogen-bond acceptors (Lipinski definition) is 4. The number of amides is 1. The molecule has 6 nitrogen and oxygen atoms in total. The Hall–Kier alpha value is -3.19. The zero-order chi connectivity index (χ0) is 20.1. The first kappa shape index (κ1) is 19.6. The van der Waals surface area contributed by atoms with E-state index in [0.29, 0.717) is 23.4 Å². The first-order valence-corrected chi connectivity index (χ1v) is 10.2. The maximum atomic E-state index is 12.7. The van der Waals surface area contributed by atoms with Gasteiger partial charge >= 0.3 is 0 Å². The number of sulfonamides is 1. The summed E-state index contributed by atoms with van der Waals surface area (Å²) in [4.78, 5) is 16.6. The van der Waals surface area contributed by atoms with E-state index in [0.717, 1.165) is 11.1 Å². The van der Waals surface area contributed by atoms with Gasteiger partial charge in [0.05, 0.1) is 4.90 Å². The van der Waals surface area contributed by atoms with Crippen molar-refractivity contribution in [2.24, 2.45) is 0 Å². The quantitative estimate of drug-likeness (QED) is 0.669. The lowest BCUT2D eigenvalue weighted by atomic mass is 10.2. The molecular formula is C21H21N3O3S. The van der Waals surface area contributed by atoms with Gasteiger partial charge in [-0.3, -0.25) is 14.5 Å².